The summed E-state index contributed by atoms with van der Waals surface area (Å²) in [6.45, 7) is 0.799. The van der Waals surface area contributed by atoms with Gasteiger partial charge in [-0.15, -0.1) is 0 Å². The van der Waals surface area contributed by atoms with Crippen LogP contribution in [0.5, 0.6) is 5.75 Å². The van der Waals surface area contributed by atoms with E-state index < -0.39 is 6.03 Å². The third kappa shape index (κ3) is 2.50. The number of benzene rings is 1. The number of furan rings is 1. The van der Waals surface area contributed by atoms with Crippen molar-refractivity contribution < 1.29 is 23.5 Å². The molecule has 0 bridgehead atoms. The van der Waals surface area contributed by atoms with Gasteiger partial charge in [0.05, 0.1) is 19.7 Å². The van der Waals surface area contributed by atoms with Crippen LogP contribution in [0.1, 0.15) is 17.0 Å². The molecule has 0 unspecified atom stereocenters. The number of hydrogen-bond acceptors (Lipinski definition) is 5. The zero-order chi connectivity index (χ0) is 17.6. The third-order valence-electron chi connectivity index (χ3n) is 4.63. The zero-order valence-corrected chi connectivity index (χ0v) is 13.7. The van der Waals surface area contributed by atoms with Gasteiger partial charge in [-0.25, -0.2) is 4.79 Å². The first kappa shape index (κ1) is 15.5. The first-order valence-electron chi connectivity index (χ1n) is 8.04. The highest BCUT2D eigenvalue weighted by Crippen LogP contribution is 2.30. The number of ether oxygens (including phenoxy) is 1. The molecule has 2 fully saturated rings. The molecule has 1 aromatic heterocycles. The summed E-state index contributed by atoms with van der Waals surface area (Å²) in [5.74, 6) is 0.276. The summed E-state index contributed by atoms with van der Waals surface area (Å²) in [6, 6.07) is 6.44. The van der Waals surface area contributed by atoms with Crippen LogP contribution in [0.15, 0.2) is 28.7 Å². The quantitative estimate of drug-likeness (QED) is 0.846. The molecule has 0 spiro atoms. The number of para-hydroxylation sites is 1. The summed E-state index contributed by atoms with van der Waals surface area (Å²) in [5.41, 5.74) is 0.526. The molecule has 4 amide bonds. The number of imide groups is 1. The van der Waals surface area contributed by atoms with E-state index >= 15 is 0 Å². The maximum Gasteiger partial charge on any atom is 0.324 e. The highest BCUT2D eigenvalue weighted by Gasteiger charge is 2.40. The zero-order valence-electron chi connectivity index (χ0n) is 13.7. The predicted octanol–water partition coefficient (Wildman–Crippen LogP) is 1.21. The molecule has 8 heteroatoms. The Balaban J connectivity index is 1.54. The number of rotatable bonds is 3. The van der Waals surface area contributed by atoms with Crippen molar-refractivity contribution in [3.63, 3.8) is 0 Å². The molecule has 130 valence electrons. The van der Waals surface area contributed by atoms with E-state index in [1.165, 1.54) is 4.90 Å². The summed E-state index contributed by atoms with van der Waals surface area (Å²) in [6.07, 6.45) is 0.564. The molecule has 2 aliphatic rings. The van der Waals surface area contributed by atoms with Gasteiger partial charge >= 0.3 is 6.03 Å². The SMILES string of the molecule is COc1cccc2cc(C(=O)N3CC[C@@H](N4C(=O)CNC4=O)C3)oc12. The van der Waals surface area contributed by atoms with Gasteiger partial charge in [0.25, 0.3) is 5.91 Å². The molecule has 0 radical (unpaired) electrons. The highest BCUT2D eigenvalue weighted by molar-refractivity contribution is 6.02. The number of methoxy groups -OCH3 is 1. The van der Waals surface area contributed by atoms with E-state index in [4.69, 9.17) is 9.15 Å². The molecule has 0 saturated carbocycles. The third-order valence-corrected chi connectivity index (χ3v) is 4.63. The van der Waals surface area contributed by atoms with Crippen molar-refractivity contribution in [3.8, 4) is 5.75 Å². The molecule has 2 saturated heterocycles. The van der Waals surface area contributed by atoms with Gasteiger partial charge in [0.15, 0.2) is 17.1 Å². The number of urea groups is 1. The lowest BCUT2D eigenvalue weighted by atomic mass is 10.2. The van der Waals surface area contributed by atoms with Gasteiger partial charge in [0.1, 0.15) is 0 Å². The van der Waals surface area contributed by atoms with Crippen LogP contribution in [0.2, 0.25) is 0 Å². The Labute approximate surface area is 143 Å². The van der Waals surface area contributed by atoms with Gasteiger partial charge in [-0.3, -0.25) is 14.5 Å². The van der Waals surface area contributed by atoms with E-state index in [-0.39, 0.29) is 30.2 Å². The molecule has 8 nitrogen and oxygen atoms in total. The van der Waals surface area contributed by atoms with E-state index in [0.29, 0.717) is 30.8 Å². The van der Waals surface area contributed by atoms with Gasteiger partial charge in [-0.1, -0.05) is 12.1 Å². The molecule has 0 aliphatic carbocycles. The summed E-state index contributed by atoms with van der Waals surface area (Å²) >= 11 is 0. The second kappa shape index (κ2) is 5.80. The van der Waals surface area contributed by atoms with Crippen LogP contribution >= 0.6 is 0 Å². The van der Waals surface area contributed by atoms with Crippen molar-refractivity contribution >= 4 is 28.8 Å². The Morgan fingerprint density at radius 3 is 2.92 bits per heavy atom. The van der Waals surface area contributed by atoms with Crippen molar-refractivity contribution in [1.82, 2.24) is 15.1 Å². The van der Waals surface area contributed by atoms with Crippen LogP contribution in [0.25, 0.3) is 11.0 Å². The lowest BCUT2D eigenvalue weighted by Gasteiger charge is -2.21. The summed E-state index contributed by atoms with van der Waals surface area (Å²) in [5, 5.41) is 3.29. The smallest absolute Gasteiger partial charge is 0.324 e. The van der Waals surface area contributed by atoms with Crippen LogP contribution in [-0.2, 0) is 4.79 Å². The minimum Gasteiger partial charge on any atom is -0.493 e. The van der Waals surface area contributed by atoms with E-state index in [1.807, 2.05) is 12.1 Å². The molecule has 1 atom stereocenters. The number of carbonyl (C=O) groups excluding carboxylic acids is 3. The van der Waals surface area contributed by atoms with Crippen LogP contribution in [0.4, 0.5) is 4.79 Å². The average molecular weight is 343 g/mol. The molecule has 3 heterocycles. The summed E-state index contributed by atoms with van der Waals surface area (Å²) < 4.78 is 10.9. The molecular weight excluding hydrogens is 326 g/mol. The van der Waals surface area contributed by atoms with Gasteiger partial charge in [0.2, 0.25) is 5.91 Å². The van der Waals surface area contributed by atoms with Crippen LogP contribution < -0.4 is 10.1 Å². The van der Waals surface area contributed by atoms with Crippen molar-refractivity contribution in [3.05, 3.63) is 30.0 Å². The molecular formula is C17H17N3O5. The highest BCUT2D eigenvalue weighted by atomic mass is 16.5. The minimum absolute atomic E-state index is 0.0205. The van der Waals surface area contributed by atoms with Crippen molar-refractivity contribution in [1.29, 1.82) is 0 Å². The van der Waals surface area contributed by atoms with Gasteiger partial charge in [-0.2, -0.15) is 0 Å². The fourth-order valence-electron chi connectivity index (χ4n) is 3.40. The number of hydrogen-bond donors (Lipinski definition) is 1. The number of nitrogens with zero attached hydrogens (tertiary/aromatic N) is 2. The average Bonchev–Trinajstić information content (AvgIpc) is 3.32. The number of carbonyl (C=O) groups is 3. The Kier molecular flexibility index (Phi) is 3.60. The normalized spacial score (nSPS) is 20.4. The van der Waals surface area contributed by atoms with Crippen LogP contribution in [-0.4, -0.2) is 60.4 Å². The summed E-state index contributed by atoms with van der Waals surface area (Å²) in [7, 11) is 1.54. The maximum atomic E-state index is 12.7. The Bertz CT molecular complexity index is 858. The van der Waals surface area contributed by atoms with Crippen molar-refractivity contribution in [2.24, 2.45) is 0 Å². The first-order valence-corrected chi connectivity index (χ1v) is 8.04. The predicted molar refractivity (Wildman–Crippen MR) is 87.3 cm³/mol. The standard InChI is InChI=1S/C17H17N3O5/c1-24-12-4-2-3-10-7-13(25-15(10)12)16(22)19-6-5-11(9-19)20-14(21)8-18-17(20)23/h2-4,7,11H,5-6,8-9H2,1H3,(H,18,23)/t11-/m1/s1. The van der Waals surface area contributed by atoms with Crippen LogP contribution in [0, 0.1) is 0 Å². The molecule has 25 heavy (non-hydrogen) atoms. The van der Waals surface area contributed by atoms with Gasteiger partial charge in [-0.05, 0) is 18.6 Å². The van der Waals surface area contributed by atoms with E-state index in [9.17, 15) is 14.4 Å². The molecule has 4 rings (SSSR count). The van der Waals surface area contributed by atoms with Crippen LogP contribution in [0.3, 0.4) is 0 Å². The second-order valence-corrected chi connectivity index (χ2v) is 6.11. The Hall–Kier alpha value is -3.03. The molecule has 1 N–H and O–H groups in total. The summed E-state index contributed by atoms with van der Waals surface area (Å²) in [4.78, 5) is 39.1. The monoisotopic (exact) mass is 343 g/mol. The van der Waals surface area contributed by atoms with E-state index in [2.05, 4.69) is 5.32 Å². The van der Waals surface area contributed by atoms with Gasteiger partial charge < -0.3 is 19.4 Å². The largest absolute Gasteiger partial charge is 0.493 e. The number of likely N-dealkylation sites (tertiary alicyclic amines) is 1. The van der Waals surface area contributed by atoms with Gasteiger partial charge in [0, 0.05) is 18.5 Å². The van der Waals surface area contributed by atoms with E-state index in [0.717, 1.165) is 5.39 Å². The first-order chi connectivity index (χ1) is 12.1. The number of nitrogens with one attached hydrogen (secondary N) is 1. The minimum atomic E-state index is -0.391. The fourth-order valence-corrected chi connectivity index (χ4v) is 3.40. The molecule has 2 aliphatic heterocycles. The van der Waals surface area contributed by atoms with Crippen molar-refractivity contribution in [2.75, 3.05) is 26.7 Å². The molecule has 2 aromatic rings. The Morgan fingerprint density at radius 1 is 1.36 bits per heavy atom. The van der Waals surface area contributed by atoms with Crippen molar-refractivity contribution in [2.45, 2.75) is 12.5 Å². The lowest BCUT2D eigenvalue weighted by molar-refractivity contribution is -0.126. The maximum absolute atomic E-state index is 12.7. The number of fused-ring (bicyclic) bond motifs is 1. The lowest BCUT2D eigenvalue weighted by Crippen LogP contribution is -2.42. The fraction of sp³-hybridized carbons (Fsp3) is 0.353. The topological polar surface area (TPSA) is 92.1 Å². The van der Waals surface area contributed by atoms with E-state index in [1.54, 1.807) is 24.1 Å². The second-order valence-electron chi connectivity index (χ2n) is 6.11. The number of amides is 4. The molecule has 1 aromatic carbocycles. The Morgan fingerprint density at radius 2 is 2.20 bits per heavy atom.